The van der Waals surface area contributed by atoms with E-state index in [0.717, 1.165) is 34.0 Å². The van der Waals surface area contributed by atoms with E-state index in [1.165, 1.54) is 26.0 Å². The van der Waals surface area contributed by atoms with Crippen LogP contribution in [0, 0.1) is 47.9 Å². The molecule has 0 N–H and O–H groups in total. The fourth-order valence-corrected chi connectivity index (χ4v) is 8.93. The molecule has 4 amide bonds. The van der Waals surface area contributed by atoms with Crippen LogP contribution in [0.3, 0.4) is 0 Å². The van der Waals surface area contributed by atoms with Crippen molar-refractivity contribution in [2.24, 2.45) is 0 Å². The molecule has 15 heteroatoms. The zero-order valence-corrected chi connectivity index (χ0v) is 35.9. The van der Waals surface area contributed by atoms with Crippen LogP contribution in [0.5, 0.6) is 0 Å². The number of nitrogens with zero attached hydrogens (tertiary/aromatic N) is 6. The van der Waals surface area contributed by atoms with Gasteiger partial charge in [0.15, 0.2) is 0 Å². The molecule has 4 aromatic carbocycles. The Labute approximate surface area is 358 Å². The van der Waals surface area contributed by atoms with Gasteiger partial charge in [0.05, 0.1) is 30.8 Å². The molecule has 0 spiro atoms. The SMILES string of the molecule is CC(=O)N1CCN(C(=O)C=Cc2ccc(Sc3ccc(C=CC(=O)N4CCN(C(C)=O)CC4)c(-c4ccc(C)cc4C)c3[N+](=O)[O-])c([N+](=O)[O-])c2-c2ccc(C)cc2C)CC1. The van der Waals surface area contributed by atoms with Gasteiger partial charge in [-0.2, -0.15) is 0 Å². The minimum absolute atomic E-state index is 0.0599. The molecular formula is C46H48N6O8S. The minimum Gasteiger partial charge on any atom is -0.339 e. The first-order chi connectivity index (χ1) is 29.0. The van der Waals surface area contributed by atoms with Crippen molar-refractivity contribution < 1.29 is 29.0 Å². The quantitative estimate of drug-likeness (QED) is 0.0886. The third-order valence-corrected chi connectivity index (χ3v) is 12.2. The van der Waals surface area contributed by atoms with Crippen LogP contribution in [0.25, 0.3) is 34.4 Å². The van der Waals surface area contributed by atoms with Crippen LogP contribution in [-0.4, -0.2) is 105 Å². The maximum atomic E-state index is 13.3. The van der Waals surface area contributed by atoms with Crippen LogP contribution in [0.2, 0.25) is 0 Å². The van der Waals surface area contributed by atoms with E-state index in [-0.39, 0.29) is 55.9 Å². The first kappa shape index (κ1) is 44.0. The largest absolute Gasteiger partial charge is 0.339 e. The number of carbonyl (C=O) groups excluding carboxylic acids is 4. The third-order valence-electron chi connectivity index (χ3n) is 11.1. The van der Waals surface area contributed by atoms with E-state index in [4.69, 9.17) is 0 Å². The number of aryl methyl sites for hydroxylation is 4. The van der Waals surface area contributed by atoms with Crippen LogP contribution in [0.4, 0.5) is 11.4 Å². The predicted molar refractivity (Wildman–Crippen MR) is 236 cm³/mol. The zero-order valence-electron chi connectivity index (χ0n) is 35.1. The maximum Gasteiger partial charge on any atom is 0.291 e. The highest BCUT2D eigenvalue weighted by Gasteiger charge is 2.31. The number of piperazine rings is 2. The molecule has 0 aliphatic carbocycles. The Kier molecular flexibility index (Phi) is 13.5. The molecular weight excluding hydrogens is 797 g/mol. The minimum atomic E-state index is -0.493. The molecule has 14 nitrogen and oxygen atoms in total. The standard InChI is InChI=1S/C46H48N6O8S/c1-29-7-13-37(31(3)27-29)43-35(11-17-41(55)49-23-19-47(20-24-49)33(5)53)9-15-39(45(43)51(57)58)61-40-16-10-36(12-18-42(56)50-25-21-48(22-26-50)34(6)54)44(46(40)52(59)60)38-14-8-30(2)28-32(38)4/h7-18,27-28H,19-26H2,1-6H3. The van der Waals surface area contributed by atoms with Crippen LogP contribution in [-0.2, 0) is 19.2 Å². The van der Waals surface area contributed by atoms with Gasteiger partial charge in [0.2, 0.25) is 23.6 Å². The van der Waals surface area contributed by atoms with Crippen LogP contribution in [0.1, 0.15) is 47.2 Å². The molecule has 2 saturated heterocycles. The predicted octanol–water partition coefficient (Wildman–Crippen LogP) is 7.63. The monoisotopic (exact) mass is 844 g/mol. The third kappa shape index (κ3) is 9.89. The highest BCUT2D eigenvalue weighted by atomic mass is 32.2. The highest BCUT2D eigenvalue weighted by molar-refractivity contribution is 7.99. The van der Waals surface area contributed by atoms with Crippen LogP contribution >= 0.6 is 11.8 Å². The molecule has 0 saturated carbocycles. The number of hydrogen-bond acceptors (Lipinski definition) is 9. The van der Waals surface area contributed by atoms with Crippen molar-refractivity contribution in [2.75, 3.05) is 52.4 Å². The van der Waals surface area contributed by atoms with Crippen molar-refractivity contribution in [1.82, 2.24) is 19.6 Å². The van der Waals surface area contributed by atoms with Crippen LogP contribution in [0.15, 0.2) is 82.6 Å². The van der Waals surface area contributed by atoms with Gasteiger partial charge in [-0.05, 0) is 85.4 Å². The van der Waals surface area contributed by atoms with Gasteiger partial charge in [0, 0.05) is 78.4 Å². The average Bonchev–Trinajstić information content (AvgIpc) is 3.22. The molecule has 2 aliphatic rings. The second kappa shape index (κ2) is 18.8. The lowest BCUT2D eigenvalue weighted by atomic mass is 9.93. The van der Waals surface area contributed by atoms with Gasteiger partial charge >= 0.3 is 0 Å². The Hall–Kier alpha value is -6.61. The van der Waals surface area contributed by atoms with Gasteiger partial charge in [-0.25, -0.2) is 0 Å². The summed E-state index contributed by atoms with van der Waals surface area (Å²) >= 11 is 0.904. The van der Waals surface area contributed by atoms with E-state index < -0.39 is 9.85 Å². The fourth-order valence-electron chi connectivity index (χ4n) is 7.87. The molecule has 2 aliphatic heterocycles. The van der Waals surface area contributed by atoms with E-state index in [1.807, 2.05) is 52.0 Å². The average molecular weight is 845 g/mol. The summed E-state index contributed by atoms with van der Waals surface area (Å²) in [5.74, 6) is -0.709. The molecule has 0 bridgehead atoms. The highest BCUT2D eigenvalue weighted by Crippen LogP contribution is 2.49. The first-order valence-corrected chi connectivity index (χ1v) is 20.8. The number of amides is 4. The van der Waals surface area contributed by atoms with Crippen molar-refractivity contribution >= 4 is 58.9 Å². The van der Waals surface area contributed by atoms with Gasteiger partial charge in [-0.15, -0.1) is 0 Å². The van der Waals surface area contributed by atoms with Crippen molar-refractivity contribution in [2.45, 2.75) is 51.3 Å². The summed E-state index contributed by atoms with van der Waals surface area (Å²) in [5, 5.41) is 26.5. The van der Waals surface area contributed by atoms with E-state index in [1.54, 1.807) is 68.1 Å². The number of hydrogen-bond donors (Lipinski definition) is 0. The van der Waals surface area contributed by atoms with Crippen molar-refractivity contribution in [3.63, 3.8) is 0 Å². The number of nitro groups is 2. The van der Waals surface area contributed by atoms with E-state index in [0.29, 0.717) is 74.6 Å². The molecule has 2 fully saturated rings. The summed E-state index contributed by atoms with van der Waals surface area (Å²) < 4.78 is 0. The Morgan fingerprint density at radius 2 is 0.885 bits per heavy atom. The summed E-state index contributed by atoms with van der Waals surface area (Å²) in [6.45, 7) is 13.6. The van der Waals surface area contributed by atoms with Crippen molar-refractivity contribution in [1.29, 1.82) is 0 Å². The lowest BCUT2D eigenvalue weighted by Gasteiger charge is -2.33. The van der Waals surface area contributed by atoms with E-state index >= 15 is 0 Å². The Morgan fingerprint density at radius 1 is 0.541 bits per heavy atom. The first-order valence-electron chi connectivity index (χ1n) is 19.9. The van der Waals surface area contributed by atoms with Gasteiger partial charge in [0.1, 0.15) is 0 Å². The molecule has 0 atom stereocenters. The lowest BCUT2D eigenvalue weighted by Crippen LogP contribution is -2.49. The van der Waals surface area contributed by atoms with Gasteiger partial charge in [-0.3, -0.25) is 39.4 Å². The summed E-state index contributed by atoms with van der Waals surface area (Å²) in [6.07, 6.45) is 5.88. The Balaban J connectivity index is 1.45. The molecule has 61 heavy (non-hydrogen) atoms. The topological polar surface area (TPSA) is 168 Å². The summed E-state index contributed by atoms with van der Waals surface area (Å²) in [4.78, 5) is 82.8. The molecule has 2 heterocycles. The molecule has 0 aromatic heterocycles. The Bertz CT molecular complexity index is 2330. The number of benzene rings is 4. The maximum absolute atomic E-state index is 13.3. The summed E-state index contributed by atoms with van der Waals surface area (Å²) in [7, 11) is 0. The van der Waals surface area contributed by atoms with E-state index in [2.05, 4.69) is 0 Å². The molecule has 0 radical (unpaired) electrons. The van der Waals surface area contributed by atoms with Crippen molar-refractivity contribution in [3.05, 3.63) is 126 Å². The Morgan fingerprint density at radius 3 is 1.20 bits per heavy atom. The molecule has 4 aromatic rings. The second-order valence-corrected chi connectivity index (χ2v) is 16.4. The second-order valence-electron chi connectivity index (χ2n) is 15.3. The number of carbonyl (C=O) groups is 4. The van der Waals surface area contributed by atoms with Crippen LogP contribution < -0.4 is 0 Å². The zero-order chi connectivity index (χ0) is 44.1. The fraction of sp³-hybridized carbons (Fsp3) is 0.304. The number of nitro benzene ring substituents is 2. The summed E-state index contributed by atoms with van der Waals surface area (Å²) in [5.41, 5.74) is 5.37. The molecule has 316 valence electrons. The molecule has 0 unspecified atom stereocenters. The van der Waals surface area contributed by atoms with Crippen molar-refractivity contribution in [3.8, 4) is 22.3 Å². The van der Waals surface area contributed by atoms with E-state index in [9.17, 15) is 39.4 Å². The normalized spacial score (nSPS) is 14.5. The molecule has 6 rings (SSSR count). The van der Waals surface area contributed by atoms with Gasteiger partial charge in [0.25, 0.3) is 11.4 Å². The lowest BCUT2D eigenvalue weighted by molar-refractivity contribution is -0.387. The van der Waals surface area contributed by atoms with Gasteiger partial charge in [-0.1, -0.05) is 71.4 Å². The summed E-state index contributed by atoms with van der Waals surface area (Å²) in [6, 6.07) is 17.6. The van der Waals surface area contributed by atoms with Gasteiger partial charge < -0.3 is 19.6 Å². The smallest absolute Gasteiger partial charge is 0.291 e. The number of rotatable bonds is 10.